The van der Waals surface area contributed by atoms with Crippen molar-refractivity contribution in [2.24, 2.45) is 0 Å². The van der Waals surface area contributed by atoms with Crippen LogP contribution in [-0.4, -0.2) is 67.7 Å². The highest BCUT2D eigenvalue weighted by Gasteiger charge is 2.43. The number of hydrogen-bond acceptors (Lipinski definition) is 6. The molecule has 9 heteroatoms. The third kappa shape index (κ3) is 4.87. The van der Waals surface area contributed by atoms with Gasteiger partial charge in [0.15, 0.2) is 6.10 Å². The summed E-state index contributed by atoms with van der Waals surface area (Å²) in [5, 5.41) is 14.7. The summed E-state index contributed by atoms with van der Waals surface area (Å²) in [6.07, 6.45) is -1.31. The molecule has 2 aromatic rings. The van der Waals surface area contributed by atoms with Crippen molar-refractivity contribution in [3.63, 3.8) is 0 Å². The number of rotatable bonds is 9. The van der Waals surface area contributed by atoms with Crippen molar-refractivity contribution in [1.29, 1.82) is 0 Å². The Morgan fingerprint density at radius 3 is 2.29 bits per heavy atom. The van der Waals surface area contributed by atoms with Gasteiger partial charge in [0.1, 0.15) is 12.1 Å². The summed E-state index contributed by atoms with van der Waals surface area (Å²) in [5.41, 5.74) is 2.97. The lowest BCUT2D eigenvalue weighted by Crippen LogP contribution is -2.63. The summed E-state index contributed by atoms with van der Waals surface area (Å²) < 4.78 is 16.1. The van der Waals surface area contributed by atoms with E-state index in [0.29, 0.717) is 6.42 Å². The molecule has 1 aliphatic heterocycles. The van der Waals surface area contributed by atoms with Crippen LogP contribution in [0.1, 0.15) is 36.8 Å². The minimum absolute atomic E-state index is 0.103. The van der Waals surface area contributed by atoms with Gasteiger partial charge in [0, 0.05) is 19.6 Å². The number of carbonyl (C=O) groups is 3. The van der Waals surface area contributed by atoms with Gasteiger partial charge >= 0.3 is 12.1 Å². The number of fused-ring (bicyclic) bond motifs is 3. The topological polar surface area (TPSA) is 123 Å². The molecule has 2 amide bonds. The highest BCUT2D eigenvalue weighted by Crippen LogP contribution is 2.44. The zero-order valence-corrected chi connectivity index (χ0v) is 19.8. The Kier molecular flexibility index (Phi) is 7.37. The minimum Gasteiger partial charge on any atom is -0.479 e. The maximum Gasteiger partial charge on any atom is 0.408 e. The SMILES string of the molecule is CCC(COC)(NC(=O)OCC1c2ccccc2-c2ccccc21)C(=O)N[C@H]1CCO[C@H]1C(=O)O. The van der Waals surface area contributed by atoms with Gasteiger partial charge in [-0.05, 0) is 35.1 Å². The molecular weight excluding hydrogens is 452 g/mol. The van der Waals surface area contributed by atoms with Gasteiger partial charge in [0.25, 0.3) is 0 Å². The summed E-state index contributed by atoms with van der Waals surface area (Å²) in [6, 6.07) is 15.3. The van der Waals surface area contributed by atoms with E-state index in [9.17, 15) is 19.5 Å². The number of nitrogens with one attached hydrogen (secondary N) is 2. The van der Waals surface area contributed by atoms with Crippen LogP contribution in [0, 0.1) is 0 Å². The number of ether oxygens (including phenoxy) is 3. The highest BCUT2D eigenvalue weighted by atomic mass is 16.6. The predicted molar refractivity (Wildman–Crippen MR) is 127 cm³/mol. The molecule has 9 nitrogen and oxygen atoms in total. The molecule has 35 heavy (non-hydrogen) atoms. The smallest absolute Gasteiger partial charge is 0.408 e. The van der Waals surface area contributed by atoms with Crippen molar-refractivity contribution >= 4 is 18.0 Å². The number of alkyl carbamates (subject to hydrolysis) is 1. The standard InChI is InChI=1S/C26H30N2O7/c1-3-26(15-33-2,24(31)27-21-12-13-34-22(21)23(29)30)28-25(32)35-14-20-18-10-6-4-8-16(18)17-9-5-7-11-19(17)20/h4-11,20-22H,3,12-15H2,1-2H3,(H,27,31)(H,28,32)(H,29,30)/t21-,22+,26?/m0/s1. The molecule has 186 valence electrons. The fourth-order valence-corrected chi connectivity index (χ4v) is 4.87. The maximum atomic E-state index is 13.2. The summed E-state index contributed by atoms with van der Waals surface area (Å²) in [6.45, 7) is 1.96. The molecule has 2 aromatic carbocycles. The van der Waals surface area contributed by atoms with Crippen LogP contribution >= 0.6 is 0 Å². The molecule has 1 saturated heterocycles. The monoisotopic (exact) mass is 482 g/mol. The Morgan fingerprint density at radius 2 is 1.71 bits per heavy atom. The van der Waals surface area contributed by atoms with Crippen molar-refractivity contribution in [2.45, 2.75) is 43.4 Å². The number of aliphatic carboxylic acids is 1. The molecule has 1 heterocycles. The summed E-state index contributed by atoms with van der Waals surface area (Å²) in [7, 11) is 1.43. The zero-order valence-electron chi connectivity index (χ0n) is 19.8. The highest BCUT2D eigenvalue weighted by molar-refractivity contribution is 5.91. The second kappa shape index (κ2) is 10.5. The Bertz CT molecular complexity index is 1060. The molecule has 0 aromatic heterocycles. The van der Waals surface area contributed by atoms with Crippen molar-refractivity contribution in [2.75, 3.05) is 26.9 Å². The van der Waals surface area contributed by atoms with Gasteiger partial charge < -0.3 is 30.0 Å². The van der Waals surface area contributed by atoms with Gasteiger partial charge in [0.05, 0.1) is 12.6 Å². The fourth-order valence-electron chi connectivity index (χ4n) is 4.87. The molecule has 1 aliphatic carbocycles. The van der Waals surface area contributed by atoms with E-state index in [2.05, 4.69) is 22.8 Å². The molecule has 4 rings (SSSR count). The number of hydrogen-bond donors (Lipinski definition) is 3. The van der Waals surface area contributed by atoms with Crippen LogP contribution in [0.25, 0.3) is 11.1 Å². The lowest BCUT2D eigenvalue weighted by atomic mass is 9.95. The van der Waals surface area contributed by atoms with Crippen LogP contribution in [0.4, 0.5) is 4.79 Å². The first-order valence-electron chi connectivity index (χ1n) is 11.7. The van der Waals surface area contributed by atoms with Crippen LogP contribution in [0.3, 0.4) is 0 Å². The molecule has 3 N–H and O–H groups in total. The van der Waals surface area contributed by atoms with Crippen molar-refractivity contribution in [3.05, 3.63) is 59.7 Å². The first-order chi connectivity index (χ1) is 16.9. The molecule has 2 aliphatic rings. The van der Waals surface area contributed by atoms with Crippen molar-refractivity contribution in [3.8, 4) is 11.1 Å². The van der Waals surface area contributed by atoms with E-state index < -0.39 is 35.7 Å². The Labute approximate surface area is 203 Å². The molecule has 0 radical (unpaired) electrons. The second-order valence-corrected chi connectivity index (χ2v) is 8.82. The van der Waals surface area contributed by atoms with Crippen LogP contribution in [0.5, 0.6) is 0 Å². The number of benzene rings is 2. The van der Waals surface area contributed by atoms with Crippen LogP contribution < -0.4 is 10.6 Å². The Morgan fingerprint density at radius 1 is 1.09 bits per heavy atom. The lowest BCUT2D eigenvalue weighted by molar-refractivity contribution is -0.148. The Balaban J connectivity index is 1.46. The summed E-state index contributed by atoms with van der Waals surface area (Å²) >= 11 is 0. The summed E-state index contributed by atoms with van der Waals surface area (Å²) in [4.78, 5) is 37.5. The number of carboxylic acid groups (broad SMARTS) is 1. The van der Waals surface area contributed by atoms with E-state index in [1.54, 1.807) is 6.92 Å². The largest absolute Gasteiger partial charge is 0.479 e. The van der Waals surface area contributed by atoms with Crippen LogP contribution in [0.2, 0.25) is 0 Å². The normalized spacial score (nSPS) is 20.4. The molecule has 0 saturated carbocycles. The average molecular weight is 483 g/mol. The van der Waals surface area contributed by atoms with Crippen LogP contribution in [-0.2, 0) is 23.8 Å². The molecule has 0 bridgehead atoms. The number of methoxy groups -OCH3 is 1. The predicted octanol–water partition coefficient (Wildman–Crippen LogP) is 2.68. The van der Waals surface area contributed by atoms with Crippen molar-refractivity contribution < 1.29 is 33.7 Å². The number of carboxylic acids is 1. The third-order valence-electron chi connectivity index (χ3n) is 6.77. The first-order valence-corrected chi connectivity index (χ1v) is 11.7. The Hall–Kier alpha value is -3.43. The van der Waals surface area contributed by atoms with Gasteiger partial charge in [-0.2, -0.15) is 0 Å². The van der Waals surface area contributed by atoms with E-state index in [1.807, 2.05) is 36.4 Å². The van der Waals surface area contributed by atoms with Gasteiger partial charge in [-0.25, -0.2) is 9.59 Å². The third-order valence-corrected chi connectivity index (χ3v) is 6.77. The van der Waals surface area contributed by atoms with E-state index in [-0.39, 0.29) is 32.2 Å². The summed E-state index contributed by atoms with van der Waals surface area (Å²) in [5.74, 6) is -1.81. The molecule has 1 fully saturated rings. The van der Waals surface area contributed by atoms with E-state index in [4.69, 9.17) is 14.2 Å². The average Bonchev–Trinajstić information content (AvgIpc) is 3.45. The van der Waals surface area contributed by atoms with Gasteiger partial charge in [-0.1, -0.05) is 55.5 Å². The van der Waals surface area contributed by atoms with E-state index in [1.165, 1.54) is 7.11 Å². The van der Waals surface area contributed by atoms with E-state index in [0.717, 1.165) is 22.3 Å². The second-order valence-electron chi connectivity index (χ2n) is 8.82. The van der Waals surface area contributed by atoms with Crippen molar-refractivity contribution in [1.82, 2.24) is 10.6 Å². The van der Waals surface area contributed by atoms with Gasteiger partial charge in [0.2, 0.25) is 5.91 Å². The number of amides is 2. The van der Waals surface area contributed by atoms with Gasteiger partial charge in [-0.15, -0.1) is 0 Å². The van der Waals surface area contributed by atoms with Gasteiger partial charge in [-0.3, -0.25) is 4.79 Å². The zero-order chi connectivity index (χ0) is 25.0. The van der Waals surface area contributed by atoms with E-state index >= 15 is 0 Å². The molecular formula is C26H30N2O7. The molecule has 1 unspecified atom stereocenters. The van der Waals surface area contributed by atoms with Crippen LogP contribution in [0.15, 0.2) is 48.5 Å². The molecule has 0 spiro atoms. The quantitative estimate of drug-likeness (QED) is 0.502. The maximum absolute atomic E-state index is 13.2. The fraction of sp³-hybridized carbons (Fsp3) is 0.423. The molecule has 3 atom stereocenters. The first kappa shape index (κ1) is 24.7. The lowest BCUT2D eigenvalue weighted by Gasteiger charge is -2.33. The number of carbonyl (C=O) groups excluding carboxylic acids is 2. The minimum atomic E-state index is -1.43.